The number of benzene rings is 1. The van der Waals surface area contributed by atoms with Gasteiger partial charge >= 0.3 is 0 Å². The van der Waals surface area contributed by atoms with E-state index in [9.17, 15) is 23.1 Å². The van der Waals surface area contributed by atoms with Gasteiger partial charge in [0.05, 0.1) is 28.2 Å². The van der Waals surface area contributed by atoms with Gasteiger partial charge in [-0.2, -0.15) is 9.40 Å². The summed E-state index contributed by atoms with van der Waals surface area (Å²) in [5.74, 6) is -1.19. The topological polar surface area (TPSA) is 122 Å². The summed E-state index contributed by atoms with van der Waals surface area (Å²) in [6, 6.07) is 9.16. The van der Waals surface area contributed by atoms with Crippen molar-refractivity contribution in [3.63, 3.8) is 0 Å². The average Bonchev–Trinajstić information content (AvgIpc) is 3.47. The van der Waals surface area contributed by atoms with E-state index in [0.29, 0.717) is 15.4 Å². The standard InChI is InChI=1S/C21H22N4O5S2/c1-13(2)20(16(27)12-26)25-11-17-18(32(25,29)30)10-19(31-17)23-21(28)14-4-6-15(7-5-14)24-9-3-8-22-24/h3-10,13,20,26H,11-12H2,1-2H3,(H,23,28). The van der Waals surface area contributed by atoms with E-state index in [-0.39, 0.29) is 23.3 Å². The lowest BCUT2D eigenvalue weighted by atomic mass is 10.0. The molecule has 0 bridgehead atoms. The number of carbonyl (C=O) groups excluding carboxylic acids is 2. The zero-order valence-corrected chi connectivity index (χ0v) is 19.1. The first-order valence-electron chi connectivity index (χ1n) is 9.92. The van der Waals surface area contributed by atoms with Crippen molar-refractivity contribution < 1.29 is 23.1 Å². The van der Waals surface area contributed by atoms with Gasteiger partial charge in [0, 0.05) is 22.8 Å². The van der Waals surface area contributed by atoms with Gasteiger partial charge in [0.2, 0.25) is 10.0 Å². The molecule has 1 aliphatic rings. The van der Waals surface area contributed by atoms with Gasteiger partial charge in [-0.15, -0.1) is 11.3 Å². The molecule has 3 aromatic rings. The van der Waals surface area contributed by atoms with Crippen LogP contribution in [0.5, 0.6) is 0 Å². The minimum atomic E-state index is -3.91. The fraction of sp³-hybridized carbons (Fsp3) is 0.286. The fourth-order valence-electron chi connectivity index (χ4n) is 3.73. The summed E-state index contributed by atoms with van der Waals surface area (Å²) in [7, 11) is -3.91. The van der Waals surface area contributed by atoms with E-state index in [1.165, 1.54) is 6.07 Å². The highest BCUT2D eigenvalue weighted by molar-refractivity contribution is 7.89. The first-order valence-corrected chi connectivity index (χ1v) is 12.2. The van der Waals surface area contributed by atoms with Gasteiger partial charge in [0.1, 0.15) is 6.61 Å². The highest BCUT2D eigenvalue weighted by Gasteiger charge is 2.44. The number of hydrogen-bond donors (Lipinski definition) is 2. The summed E-state index contributed by atoms with van der Waals surface area (Å²) in [5, 5.41) is 16.6. The number of nitrogens with one attached hydrogen (secondary N) is 1. The summed E-state index contributed by atoms with van der Waals surface area (Å²) in [4.78, 5) is 25.4. The molecule has 0 fully saturated rings. The van der Waals surface area contributed by atoms with Crippen LogP contribution in [0.1, 0.15) is 29.1 Å². The lowest BCUT2D eigenvalue weighted by Crippen LogP contribution is -2.46. The third kappa shape index (κ3) is 3.99. The number of aromatic nitrogens is 2. The molecule has 1 atom stereocenters. The highest BCUT2D eigenvalue weighted by atomic mass is 32.2. The van der Waals surface area contributed by atoms with Gasteiger partial charge in [-0.3, -0.25) is 9.59 Å². The van der Waals surface area contributed by atoms with Crippen molar-refractivity contribution in [2.45, 2.75) is 31.3 Å². The number of sulfonamides is 1. The molecule has 0 aliphatic carbocycles. The van der Waals surface area contributed by atoms with E-state index in [1.54, 1.807) is 61.3 Å². The number of rotatable bonds is 7. The highest BCUT2D eigenvalue weighted by Crippen LogP contribution is 2.41. The summed E-state index contributed by atoms with van der Waals surface area (Å²) in [6.07, 6.45) is 3.46. The Balaban J connectivity index is 1.51. The van der Waals surface area contributed by atoms with E-state index in [2.05, 4.69) is 10.4 Å². The number of Topliss-reactive ketones (excluding diaryl/α,β-unsaturated/α-hetero) is 1. The molecule has 32 heavy (non-hydrogen) atoms. The van der Waals surface area contributed by atoms with Crippen LogP contribution in [-0.4, -0.2) is 51.9 Å². The van der Waals surface area contributed by atoms with Gasteiger partial charge in [-0.25, -0.2) is 13.1 Å². The van der Waals surface area contributed by atoms with Crippen LogP contribution in [0.25, 0.3) is 5.69 Å². The van der Waals surface area contributed by atoms with E-state index in [0.717, 1.165) is 21.3 Å². The van der Waals surface area contributed by atoms with Crippen LogP contribution in [-0.2, 0) is 21.4 Å². The summed E-state index contributed by atoms with van der Waals surface area (Å²) < 4.78 is 28.9. The van der Waals surface area contributed by atoms with E-state index in [1.807, 2.05) is 0 Å². The molecule has 3 heterocycles. The number of aliphatic hydroxyl groups excluding tert-OH is 1. The van der Waals surface area contributed by atoms with Crippen molar-refractivity contribution in [1.29, 1.82) is 0 Å². The second-order valence-corrected chi connectivity index (χ2v) is 10.7. The van der Waals surface area contributed by atoms with Crippen LogP contribution in [0.3, 0.4) is 0 Å². The predicted octanol–water partition coefficient (Wildman–Crippen LogP) is 2.28. The SMILES string of the molecule is CC(C)C(C(=O)CO)N1Cc2sc(NC(=O)c3ccc(-n4cccn4)cc3)cc2S1(=O)=O. The maximum atomic E-state index is 13.0. The lowest BCUT2D eigenvalue weighted by molar-refractivity contribution is -0.126. The second kappa shape index (κ2) is 8.58. The Bertz CT molecular complexity index is 1250. The van der Waals surface area contributed by atoms with Gasteiger partial charge in [0.15, 0.2) is 5.78 Å². The van der Waals surface area contributed by atoms with Crippen molar-refractivity contribution in [2.24, 2.45) is 5.92 Å². The molecule has 1 amide bonds. The van der Waals surface area contributed by atoms with Crippen LogP contribution in [0, 0.1) is 5.92 Å². The molecular weight excluding hydrogens is 452 g/mol. The normalized spacial score (nSPS) is 16.1. The fourth-order valence-corrected chi connectivity index (χ4v) is 7.11. The molecule has 2 N–H and O–H groups in total. The molecule has 0 spiro atoms. The molecule has 9 nitrogen and oxygen atoms in total. The number of hydrogen-bond acceptors (Lipinski definition) is 7. The number of aliphatic hydroxyl groups is 1. The van der Waals surface area contributed by atoms with Crippen molar-refractivity contribution in [2.75, 3.05) is 11.9 Å². The number of nitrogens with zero attached hydrogens (tertiary/aromatic N) is 3. The molecule has 0 radical (unpaired) electrons. The Hall–Kier alpha value is -2.86. The number of thiophene rings is 1. The van der Waals surface area contributed by atoms with Crippen LogP contribution < -0.4 is 5.32 Å². The monoisotopic (exact) mass is 474 g/mol. The Morgan fingerprint density at radius 3 is 2.53 bits per heavy atom. The van der Waals surface area contributed by atoms with Crippen LogP contribution in [0.4, 0.5) is 5.00 Å². The smallest absolute Gasteiger partial charge is 0.256 e. The van der Waals surface area contributed by atoms with E-state index < -0.39 is 28.5 Å². The molecule has 4 rings (SSSR count). The van der Waals surface area contributed by atoms with Crippen molar-refractivity contribution in [3.05, 3.63) is 59.2 Å². The van der Waals surface area contributed by atoms with E-state index in [4.69, 9.17) is 0 Å². The van der Waals surface area contributed by atoms with Crippen LogP contribution in [0.2, 0.25) is 0 Å². The quantitative estimate of drug-likeness (QED) is 0.542. The molecule has 11 heteroatoms. The molecule has 1 unspecified atom stereocenters. The predicted molar refractivity (Wildman–Crippen MR) is 119 cm³/mol. The third-order valence-electron chi connectivity index (χ3n) is 5.22. The maximum absolute atomic E-state index is 13.0. The number of amides is 1. The zero-order chi connectivity index (χ0) is 23.0. The first-order chi connectivity index (χ1) is 15.2. The first kappa shape index (κ1) is 22.3. The molecule has 2 aromatic heterocycles. The van der Waals surface area contributed by atoms with Gasteiger partial charge in [0.25, 0.3) is 5.91 Å². The number of fused-ring (bicyclic) bond motifs is 1. The van der Waals surface area contributed by atoms with Gasteiger partial charge in [-0.05, 0) is 42.3 Å². The molecule has 0 saturated heterocycles. The minimum absolute atomic E-state index is 0.0331. The summed E-state index contributed by atoms with van der Waals surface area (Å²) >= 11 is 1.16. The molecule has 0 saturated carbocycles. The number of anilines is 1. The molecule has 1 aliphatic heterocycles. The zero-order valence-electron chi connectivity index (χ0n) is 17.4. The Labute approximate surface area is 189 Å². The van der Waals surface area contributed by atoms with Crippen molar-refractivity contribution in [3.8, 4) is 5.69 Å². The Morgan fingerprint density at radius 2 is 1.97 bits per heavy atom. The largest absolute Gasteiger partial charge is 0.389 e. The minimum Gasteiger partial charge on any atom is -0.389 e. The van der Waals surface area contributed by atoms with Crippen molar-refractivity contribution in [1.82, 2.24) is 14.1 Å². The number of carbonyl (C=O) groups is 2. The van der Waals surface area contributed by atoms with Gasteiger partial charge in [-0.1, -0.05) is 13.8 Å². The van der Waals surface area contributed by atoms with Crippen LogP contribution in [0.15, 0.2) is 53.7 Å². The molecular formula is C21H22N4O5S2. The summed E-state index contributed by atoms with van der Waals surface area (Å²) in [5.41, 5.74) is 1.23. The lowest BCUT2D eigenvalue weighted by Gasteiger charge is -2.27. The maximum Gasteiger partial charge on any atom is 0.256 e. The number of ketones is 1. The molecule has 1 aromatic carbocycles. The summed E-state index contributed by atoms with van der Waals surface area (Å²) in [6.45, 7) is 2.79. The van der Waals surface area contributed by atoms with Crippen molar-refractivity contribution >= 4 is 38.1 Å². The van der Waals surface area contributed by atoms with Gasteiger partial charge < -0.3 is 10.4 Å². The third-order valence-corrected chi connectivity index (χ3v) is 8.28. The van der Waals surface area contributed by atoms with E-state index >= 15 is 0 Å². The second-order valence-electron chi connectivity index (χ2n) is 7.71. The average molecular weight is 475 g/mol. The Kier molecular flexibility index (Phi) is 5.99. The molecule has 168 valence electrons. The Morgan fingerprint density at radius 1 is 1.25 bits per heavy atom. The van der Waals surface area contributed by atoms with Crippen LogP contribution >= 0.6 is 11.3 Å².